The van der Waals surface area contributed by atoms with Crippen LogP contribution in [0.1, 0.15) is 36.3 Å². The van der Waals surface area contributed by atoms with Crippen LogP contribution < -0.4 is 4.74 Å². The molecular formula is C12H17NO3. The first-order valence-electron chi connectivity index (χ1n) is 5.34. The summed E-state index contributed by atoms with van der Waals surface area (Å²) in [6.07, 6.45) is 0.884. The van der Waals surface area contributed by atoms with E-state index in [1.807, 2.05) is 0 Å². The average molecular weight is 223 g/mol. The molecule has 0 radical (unpaired) electrons. The second-order valence-corrected chi connectivity index (χ2v) is 4.14. The number of aryl methyl sites for hydroxylation is 1. The first kappa shape index (κ1) is 12.5. The quantitative estimate of drug-likeness (QED) is 0.833. The van der Waals surface area contributed by atoms with Gasteiger partial charge in [0.25, 0.3) is 0 Å². The Hall–Kier alpha value is -1.58. The highest BCUT2D eigenvalue weighted by Gasteiger charge is 2.12. The molecule has 0 aromatic carbocycles. The van der Waals surface area contributed by atoms with E-state index in [1.54, 1.807) is 13.0 Å². The number of ether oxygens (including phenoxy) is 1. The minimum atomic E-state index is -1.01. The van der Waals surface area contributed by atoms with Crippen LogP contribution in [0.3, 0.4) is 0 Å². The van der Waals surface area contributed by atoms with Crippen LogP contribution in [0.4, 0.5) is 0 Å². The predicted octanol–water partition coefficient (Wildman–Crippen LogP) is 2.51. The van der Waals surface area contributed by atoms with E-state index in [9.17, 15) is 4.79 Å². The molecule has 0 saturated carbocycles. The Morgan fingerprint density at radius 3 is 2.75 bits per heavy atom. The molecule has 16 heavy (non-hydrogen) atoms. The lowest BCUT2D eigenvalue weighted by atomic mass is 10.1. The van der Waals surface area contributed by atoms with Crippen molar-refractivity contribution < 1.29 is 14.6 Å². The Kier molecular flexibility index (Phi) is 4.28. The second kappa shape index (κ2) is 5.49. The number of nitrogens with zero attached hydrogens (tertiary/aromatic N) is 1. The van der Waals surface area contributed by atoms with Gasteiger partial charge in [-0.05, 0) is 31.4 Å². The summed E-state index contributed by atoms with van der Waals surface area (Å²) in [5.41, 5.74) is 0.874. The number of aromatic carboxylic acids is 1. The summed E-state index contributed by atoms with van der Waals surface area (Å²) < 4.78 is 5.40. The summed E-state index contributed by atoms with van der Waals surface area (Å²) in [5, 5.41) is 8.95. The van der Waals surface area contributed by atoms with Gasteiger partial charge < -0.3 is 9.84 Å². The largest absolute Gasteiger partial charge is 0.477 e. The maximum absolute atomic E-state index is 10.9. The average Bonchev–Trinajstić information content (AvgIpc) is 2.16. The fraction of sp³-hybridized carbons (Fsp3) is 0.500. The molecule has 0 aliphatic rings. The molecule has 0 saturated heterocycles. The summed E-state index contributed by atoms with van der Waals surface area (Å²) in [4.78, 5) is 15.0. The fourth-order valence-electron chi connectivity index (χ4n) is 1.20. The smallest absolute Gasteiger partial charge is 0.341 e. The third kappa shape index (κ3) is 3.53. The van der Waals surface area contributed by atoms with Crippen LogP contribution >= 0.6 is 0 Å². The summed E-state index contributed by atoms with van der Waals surface area (Å²) in [6.45, 7) is 6.48. The van der Waals surface area contributed by atoms with E-state index >= 15 is 0 Å². The summed E-state index contributed by atoms with van der Waals surface area (Å²) in [6, 6.07) is 3.19. The van der Waals surface area contributed by atoms with E-state index in [1.165, 1.54) is 6.07 Å². The van der Waals surface area contributed by atoms with Gasteiger partial charge in [-0.25, -0.2) is 9.78 Å². The van der Waals surface area contributed by atoms with Gasteiger partial charge in [-0.15, -0.1) is 0 Å². The third-order valence-electron chi connectivity index (χ3n) is 2.16. The molecule has 1 aromatic rings. The molecule has 0 unspecified atom stereocenters. The van der Waals surface area contributed by atoms with Gasteiger partial charge in [-0.2, -0.15) is 0 Å². The van der Waals surface area contributed by atoms with Crippen LogP contribution in [0.25, 0.3) is 0 Å². The van der Waals surface area contributed by atoms with Crippen LogP contribution in [0.2, 0.25) is 0 Å². The molecule has 0 aliphatic carbocycles. The van der Waals surface area contributed by atoms with Gasteiger partial charge in [-0.1, -0.05) is 13.8 Å². The number of carboxylic acids is 1. The van der Waals surface area contributed by atoms with E-state index in [-0.39, 0.29) is 11.4 Å². The number of rotatable bonds is 5. The van der Waals surface area contributed by atoms with Crippen LogP contribution in [0.5, 0.6) is 5.88 Å². The van der Waals surface area contributed by atoms with Crippen LogP contribution in [-0.4, -0.2) is 22.7 Å². The zero-order chi connectivity index (χ0) is 12.1. The zero-order valence-corrected chi connectivity index (χ0v) is 9.86. The van der Waals surface area contributed by atoms with Gasteiger partial charge in [-0.3, -0.25) is 0 Å². The molecule has 0 atom stereocenters. The molecule has 1 N–H and O–H groups in total. The topological polar surface area (TPSA) is 59.4 Å². The molecule has 88 valence electrons. The van der Waals surface area contributed by atoms with Gasteiger partial charge in [0.15, 0.2) is 0 Å². The van der Waals surface area contributed by atoms with Crippen molar-refractivity contribution in [1.82, 2.24) is 4.98 Å². The summed E-state index contributed by atoms with van der Waals surface area (Å²) in [5.74, 6) is -0.265. The Bertz CT molecular complexity index is 375. The molecule has 4 heteroatoms. The van der Waals surface area contributed by atoms with Crippen molar-refractivity contribution in [1.29, 1.82) is 0 Å². The Morgan fingerprint density at radius 1 is 1.50 bits per heavy atom. The Morgan fingerprint density at radius 2 is 2.19 bits per heavy atom. The molecule has 1 aromatic heterocycles. The molecule has 0 spiro atoms. The minimum Gasteiger partial charge on any atom is -0.477 e. The molecule has 1 heterocycles. The van der Waals surface area contributed by atoms with Crippen LogP contribution in [0.15, 0.2) is 12.1 Å². The number of pyridine rings is 1. The summed E-state index contributed by atoms with van der Waals surface area (Å²) in [7, 11) is 0. The normalized spacial score (nSPS) is 10.5. The molecule has 0 amide bonds. The number of aromatic nitrogens is 1. The van der Waals surface area contributed by atoms with Crippen molar-refractivity contribution in [3.8, 4) is 5.88 Å². The number of hydrogen-bond acceptors (Lipinski definition) is 3. The molecule has 1 rings (SSSR count). The Labute approximate surface area is 95.3 Å². The van der Waals surface area contributed by atoms with Gasteiger partial charge >= 0.3 is 5.97 Å². The zero-order valence-electron chi connectivity index (χ0n) is 9.86. The maximum atomic E-state index is 10.9. The first-order chi connectivity index (χ1) is 7.50. The van der Waals surface area contributed by atoms with Crippen molar-refractivity contribution in [2.24, 2.45) is 5.92 Å². The van der Waals surface area contributed by atoms with E-state index in [4.69, 9.17) is 9.84 Å². The lowest BCUT2D eigenvalue weighted by Crippen LogP contribution is -2.08. The third-order valence-corrected chi connectivity index (χ3v) is 2.16. The van der Waals surface area contributed by atoms with Crippen LogP contribution in [0, 0.1) is 12.8 Å². The lowest BCUT2D eigenvalue weighted by molar-refractivity contribution is 0.0691. The van der Waals surface area contributed by atoms with Crippen molar-refractivity contribution >= 4 is 5.97 Å². The SMILES string of the molecule is Cc1ccc(C(=O)O)c(OCCC(C)C)n1. The van der Waals surface area contributed by atoms with E-state index < -0.39 is 5.97 Å². The maximum Gasteiger partial charge on any atom is 0.341 e. The highest BCUT2D eigenvalue weighted by Crippen LogP contribution is 2.16. The van der Waals surface area contributed by atoms with Gasteiger partial charge in [0, 0.05) is 5.69 Å². The summed E-state index contributed by atoms with van der Waals surface area (Å²) >= 11 is 0. The monoisotopic (exact) mass is 223 g/mol. The van der Waals surface area contributed by atoms with E-state index in [0.29, 0.717) is 12.5 Å². The number of carbonyl (C=O) groups is 1. The van der Waals surface area contributed by atoms with Crippen molar-refractivity contribution in [2.75, 3.05) is 6.61 Å². The predicted molar refractivity (Wildman–Crippen MR) is 60.9 cm³/mol. The number of carboxylic acid groups (broad SMARTS) is 1. The highest BCUT2D eigenvalue weighted by atomic mass is 16.5. The van der Waals surface area contributed by atoms with Crippen LogP contribution in [-0.2, 0) is 0 Å². The molecule has 4 nitrogen and oxygen atoms in total. The molecule has 0 bridgehead atoms. The first-order valence-corrected chi connectivity index (χ1v) is 5.34. The van der Waals surface area contributed by atoms with Crippen molar-refractivity contribution in [3.63, 3.8) is 0 Å². The standard InChI is InChI=1S/C12H17NO3/c1-8(2)6-7-16-11-10(12(14)15)5-4-9(3)13-11/h4-5,8H,6-7H2,1-3H3,(H,14,15). The van der Waals surface area contributed by atoms with E-state index in [2.05, 4.69) is 18.8 Å². The lowest BCUT2D eigenvalue weighted by Gasteiger charge is -2.09. The van der Waals surface area contributed by atoms with Crippen molar-refractivity contribution in [3.05, 3.63) is 23.4 Å². The number of hydrogen-bond donors (Lipinski definition) is 1. The van der Waals surface area contributed by atoms with Gasteiger partial charge in [0.05, 0.1) is 6.61 Å². The van der Waals surface area contributed by atoms with Gasteiger partial charge in [0.1, 0.15) is 5.56 Å². The fourth-order valence-corrected chi connectivity index (χ4v) is 1.20. The molecule has 0 aliphatic heterocycles. The Balaban J connectivity index is 2.76. The van der Waals surface area contributed by atoms with Gasteiger partial charge in [0.2, 0.25) is 5.88 Å². The molecule has 0 fully saturated rings. The highest BCUT2D eigenvalue weighted by molar-refractivity contribution is 5.90. The minimum absolute atomic E-state index is 0.120. The van der Waals surface area contributed by atoms with Crippen molar-refractivity contribution in [2.45, 2.75) is 27.2 Å². The second-order valence-electron chi connectivity index (χ2n) is 4.14. The molecular weight excluding hydrogens is 206 g/mol. The van der Waals surface area contributed by atoms with E-state index in [0.717, 1.165) is 12.1 Å².